The van der Waals surface area contributed by atoms with E-state index in [1.165, 1.54) is 38.1 Å². The zero-order valence-corrected chi connectivity index (χ0v) is 11.5. The highest BCUT2D eigenvalue weighted by molar-refractivity contribution is 5.80. The number of rotatable bonds is 5. The Hall–Kier alpha value is -2.37. The van der Waals surface area contributed by atoms with Gasteiger partial charge in [-0.2, -0.15) is 0 Å². The summed E-state index contributed by atoms with van der Waals surface area (Å²) in [5.41, 5.74) is 0.439. The zero-order chi connectivity index (χ0) is 15.1. The van der Waals surface area contributed by atoms with Crippen LogP contribution in [0.25, 0.3) is 0 Å². The molecule has 0 fully saturated rings. The summed E-state index contributed by atoms with van der Waals surface area (Å²) in [5.74, 6) is -1.35. The third-order valence-corrected chi connectivity index (χ3v) is 2.23. The summed E-state index contributed by atoms with van der Waals surface area (Å²) in [6, 6.07) is 6.07. The standard InChI is InChI=1S/C14H16O6/c1-4-18-14(17)13(20-10(3)16)11-5-7-12(8-6-11)19-9(2)15/h5-8,13H,4H2,1-3H3. The van der Waals surface area contributed by atoms with Crippen LogP contribution in [0, 0.1) is 0 Å². The van der Waals surface area contributed by atoms with E-state index in [1.54, 1.807) is 6.92 Å². The van der Waals surface area contributed by atoms with E-state index in [0.717, 1.165) is 0 Å². The van der Waals surface area contributed by atoms with Crippen LogP contribution in [0.4, 0.5) is 0 Å². The van der Waals surface area contributed by atoms with Gasteiger partial charge in [0.2, 0.25) is 6.10 Å². The predicted octanol–water partition coefficient (Wildman–Crippen LogP) is 1.78. The summed E-state index contributed by atoms with van der Waals surface area (Å²) >= 11 is 0. The van der Waals surface area contributed by atoms with E-state index in [4.69, 9.17) is 14.2 Å². The molecule has 108 valence electrons. The van der Waals surface area contributed by atoms with Gasteiger partial charge in [-0.15, -0.1) is 0 Å². The first-order valence-corrected chi connectivity index (χ1v) is 6.06. The van der Waals surface area contributed by atoms with Gasteiger partial charge in [-0.05, 0) is 19.1 Å². The molecule has 0 radical (unpaired) electrons. The average molecular weight is 280 g/mol. The highest BCUT2D eigenvalue weighted by atomic mass is 16.6. The van der Waals surface area contributed by atoms with E-state index in [9.17, 15) is 14.4 Å². The van der Waals surface area contributed by atoms with Gasteiger partial charge in [0.15, 0.2) is 0 Å². The molecule has 0 saturated heterocycles. The Labute approximate surface area is 116 Å². The predicted molar refractivity (Wildman–Crippen MR) is 68.9 cm³/mol. The number of ether oxygens (including phenoxy) is 3. The summed E-state index contributed by atoms with van der Waals surface area (Å²) in [6.07, 6.45) is -1.13. The average Bonchev–Trinajstić information content (AvgIpc) is 2.36. The van der Waals surface area contributed by atoms with Gasteiger partial charge in [0.25, 0.3) is 0 Å². The third kappa shape index (κ3) is 4.72. The Bertz CT molecular complexity index is 491. The van der Waals surface area contributed by atoms with Crippen molar-refractivity contribution in [1.29, 1.82) is 0 Å². The fourth-order valence-electron chi connectivity index (χ4n) is 1.51. The number of hydrogen-bond donors (Lipinski definition) is 0. The van der Waals surface area contributed by atoms with Crippen LogP contribution in [-0.2, 0) is 23.9 Å². The van der Waals surface area contributed by atoms with Crippen molar-refractivity contribution in [2.24, 2.45) is 0 Å². The van der Waals surface area contributed by atoms with Gasteiger partial charge in [-0.3, -0.25) is 9.59 Å². The smallest absolute Gasteiger partial charge is 0.352 e. The molecule has 1 rings (SSSR count). The summed E-state index contributed by atoms with van der Waals surface area (Å²) < 4.78 is 14.7. The Morgan fingerprint density at radius 3 is 2.10 bits per heavy atom. The molecule has 1 atom stereocenters. The maximum Gasteiger partial charge on any atom is 0.352 e. The third-order valence-electron chi connectivity index (χ3n) is 2.23. The normalized spacial score (nSPS) is 11.3. The largest absolute Gasteiger partial charge is 0.463 e. The second-order valence-electron chi connectivity index (χ2n) is 3.90. The van der Waals surface area contributed by atoms with Gasteiger partial charge in [0.1, 0.15) is 5.75 Å². The number of carbonyl (C=O) groups excluding carboxylic acids is 3. The van der Waals surface area contributed by atoms with Crippen LogP contribution in [0.15, 0.2) is 24.3 Å². The molecule has 1 unspecified atom stereocenters. The van der Waals surface area contributed by atoms with E-state index in [1.807, 2.05) is 0 Å². The number of benzene rings is 1. The maximum atomic E-state index is 11.8. The van der Waals surface area contributed by atoms with Crippen molar-refractivity contribution in [3.8, 4) is 5.75 Å². The van der Waals surface area contributed by atoms with Gasteiger partial charge in [-0.25, -0.2) is 4.79 Å². The van der Waals surface area contributed by atoms with Crippen molar-refractivity contribution in [1.82, 2.24) is 0 Å². The lowest BCUT2D eigenvalue weighted by atomic mass is 10.1. The molecule has 0 bridgehead atoms. The Morgan fingerprint density at radius 2 is 1.65 bits per heavy atom. The first-order valence-electron chi connectivity index (χ1n) is 6.06. The fourth-order valence-corrected chi connectivity index (χ4v) is 1.51. The second-order valence-corrected chi connectivity index (χ2v) is 3.90. The SMILES string of the molecule is CCOC(=O)C(OC(C)=O)c1ccc(OC(C)=O)cc1. The Balaban J connectivity index is 2.92. The van der Waals surface area contributed by atoms with Crippen LogP contribution in [0.2, 0.25) is 0 Å². The van der Waals surface area contributed by atoms with Crippen molar-refractivity contribution in [2.75, 3.05) is 6.61 Å². The molecule has 0 aliphatic carbocycles. The molecule has 0 aliphatic heterocycles. The minimum atomic E-state index is -1.13. The van der Waals surface area contributed by atoms with Crippen LogP contribution in [0.5, 0.6) is 5.75 Å². The van der Waals surface area contributed by atoms with Crippen LogP contribution in [-0.4, -0.2) is 24.5 Å². The van der Waals surface area contributed by atoms with Crippen molar-refractivity contribution in [2.45, 2.75) is 26.9 Å². The molecule has 0 N–H and O–H groups in total. The van der Waals surface area contributed by atoms with Crippen LogP contribution < -0.4 is 4.74 Å². The zero-order valence-electron chi connectivity index (χ0n) is 11.5. The molecule has 6 nitrogen and oxygen atoms in total. The van der Waals surface area contributed by atoms with Gasteiger partial charge in [0, 0.05) is 19.4 Å². The molecule has 1 aromatic carbocycles. The van der Waals surface area contributed by atoms with Crippen LogP contribution in [0.1, 0.15) is 32.4 Å². The lowest BCUT2D eigenvalue weighted by molar-refractivity contribution is -0.167. The second kappa shape index (κ2) is 7.28. The van der Waals surface area contributed by atoms with E-state index in [-0.39, 0.29) is 6.61 Å². The van der Waals surface area contributed by atoms with Gasteiger partial charge in [-0.1, -0.05) is 12.1 Å². The van der Waals surface area contributed by atoms with Gasteiger partial charge < -0.3 is 14.2 Å². The number of esters is 3. The quantitative estimate of drug-likeness (QED) is 0.604. The molecule has 0 amide bonds. The lowest BCUT2D eigenvalue weighted by Crippen LogP contribution is -2.21. The highest BCUT2D eigenvalue weighted by Crippen LogP contribution is 2.22. The van der Waals surface area contributed by atoms with Crippen molar-refractivity contribution in [3.05, 3.63) is 29.8 Å². The van der Waals surface area contributed by atoms with Gasteiger partial charge >= 0.3 is 17.9 Å². The summed E-state index contributed by atoms with van der Waals surface area (Å²) in [6.45, 7) is 4.34. The fraction of sp³-hybridized carbons (Fsp3) is 0.357. The Kier molecular flexibility index (Phi) is 5.71. The molecule has 0 heterocycles. The Morgan fingerprint density at radius 1 is 1.05 bits per heavy atom. The van der Waals surface area contributed by atoms with E-state index >= 15 is 0 Å². The highest BCUT2D eigenvalue weighted by Gasteiger charge is 2.25. The minimum Gasteiger partial charge on any atom is -0.463 e. The van der Waals surface area contributed by atoms with Crippen LogP contribution in [0.3, 0.4) is 0 Å². The van der Waals surface area contributed by atoms with Crippen molar-refractivity contribution >= 4 is 17.9 Å². The topological polar surface area (TPSA) is 78.9 Å². The summed E-state index contributed by atoms with van der Waals surface area (Å²) in [7, 11) is 0. The first-order chi connectivity index (χ1) is 9.43. The molecule has 6 heteroatoms. The van der Waals surface area contributed by atoms with Crippen molar-refractivity contribution in [3.63, 3.8) is 0 Å². The molecule has 0 spiro atoms. The van der Waals surface area contributed by atoms with Gasteiger partial charge in [0.05, 0.1) is 6.61 Å². The molecule has 0 saturated carbocycles. The van der Waals surface area contributed by atoms with E-state index in [0.29, 0.717) is 11.3 Å². The minimum absolute atomic E-state index is 0.183. The monoisotopic (exact) mass is 280 g/mol. The van der Waals surface area contributed by atoms with E-state index < -0.39 is 24.0 Å². The molecule has 20 heavy (non-hydrogen) atoms. The molecule has 1 aromatic rings. The number of hydrogen-bond acceptors (Lipinski definition) is 6. The molecular weight excluding hydrogens is 264 g/mol. The van der Waals surface area contributed by atoms with Crippen LogP contribution >= 0.6 is 0 Å². The lowest BCUT2D eigenvalue weighted by Gasteiger charge is -2.16. The maximum absolute atomic E-state index is 11.8. The first kappa shape index (κ1) is 15.7. The van der Waals surface area contributed by atoms with Crippen molar-refractivity contribution < 1.29 is 28.6 Å². The summed E-state index contributed by atoms with van der Waals surface area (Å²) in [5, 5.41) is 0. The molecule has 0 aliphatic rings. The summed E-state index contributed by atoms with van der Waals surface area (Å²) in [4.78, 5) is 33.6. The molecule has 0 aromatic heterocycles. The number of carbonyl (C=O) groups is 3. The van der Waals surface area contributed by atoms with E-state index in [2.05, 4.69) is 0 Å². The molecular formula is C14H16O6.